The molecule has 0 unspecified atom stereocenters. The Kier molecular flexibility index (Phi) is 5.00. The number of fused-ring (bicyclic) bond motifs is 1. The third-order valence-electron chi connectivity index (χ3n) is 6.42. The lowest BCUT2D eigenvalue weighted by atomic mass is 9.74. The van der Waals surface area contributed by atoms with E-state index in [0.717, 1.165) is 6.07 Å². The Labute approximate surface area is 186 Å². The third-order valence-corrected chi connectivity index (χ3v) is 6.42. The minimum atomic E-state index is -4.56. The fraction of sp³-hybridized carbons (Fsp3) is 0.348. The van der Waals surface area contributed by atoms with E-state index >= 15 is 4.39 Å². The molecule has 1 aromatic heterocycles. The average molecular weight is 460 g/mol. The number of carbonyl (C=O) groups excluding carboxylic acids is 1. The van der Waals surface area contributed by atoms with Gasteiger partial charge in [0.1, 0.15) is 6.33 Å². The first-order valence-corrected chi connectivity index (χ1v) is 10.5. The second kappa shape index (κ2) is 7.65. The van der Waals surface area contributed by atoms with Gasteiger partial charge in [0.2, 0.25) is 0 Å². The number of halogens is 4. The third kappa shape index (κ3) is 3.31. The van der Waals surface area contributed by atoms with E-state index in [0.29, 0.717) is 17.8 Å². The lowest BCUT2D eigenvalue weighted by Gasteiger charge is -2.44. The summed E-state index contributed by atoms with van der Waals surface area (Å²) >= 11 is 0. The predicted molar refractivity (Wildman–Crippen MR) is 110 cm³/mol. The van der Waals surface area contributed by atoms with Crippen molar-refractivity contribution in [3.63, 3.8) is 0 Å². The van der Waals surface area contributed by atoms with E-state index in [1.807, 2.05) is 6.92 Å². The van der Waals surface area contributed by atoms with E-state index in [-0.39, 0.29) is 36.7 Å². The number of benzene rings is 2. The molecule has 172 valence electrons. The Hall–Kier alpha value is -3.27. The van der Waals surface area contributed by atoms with Gasteiger partial charge < -0.3 is 14.2 Å². The number of carbonyl (C=O) groups is 1. The van der Waals surface area contributed by atoms with Crippen molar-refractivity contribution in [1.29, 1.82) is 0 Å². The molecule has 5 rings (SSSR count). The van der Waals surface area contributed by atoms with Crippen LogP contribution >= 0.6 is 0 Å². The molecule has 0 aliphatic carbocycles. The number of anilines is 1. The molecule has 10 heteroatoms. The molecule has 2 aromatic carbocycles. The van der Waals surface area contributed by atoms with E-state index < -0.39 is 29.2 Å². The smallest absolute Gasteiger partial charge is 0.379 e. The Morgan fingerprint density at radius 1 is 1.18 bits per heavy atom. The van der Waals surface area contributed by atoms with E-state index in [1.165, 1.54) is 23.4 Å². The molecule has 33 heavy (non-hydrogen) atoms. The van der Waals surface area contributed by atoms with Crippen molar-refractivity contribution < 1.29 is 27.1 Å². The fourth-order valence-electron chi connectivity index (χ4n) is 4.52. The summed E-state index contributed by atoms with van der Waals surface area (Å²) in [5, 5.41) is 7.75. The number of alkyl halides is 4. The number of rotatable bonds is 5. The summed E-state index contributed by atoms with van der Waals surface area (Å²) in [7, 11) is 0. The quantitative estimate of drug-likeness (QED) is 0.528. The number of amides is 1. The van der Waals surface area contributed by atoms with Gasteiger partial charge in [0.05, 0.1) is 30.7 Å². The van der Waals surface area contributed by atoms with Crippen molar-refractivity contribution >= 4 is 11.6 Å². The summed E-state index contributed by atoms with van der Waals surface area (Å²) in [5.74, 6) is -0.333. The van der Waals surface area contributed by atoms with Crippen LogP contribution in [0.25, 0.3) is 0 Å². The van der Waals surface area contributed by atoms with Crippen molar-refractivity contribution in [2.75, 3.05) is 18.1 Å². The summed E-state index contributed by atoms with van der Waals surface area (Å²) in [5.41, 5.74) is -0.888. The fourth-order valence-corrected chi connectivity index (χ4v) is 4.52. The highest BCUT2D eigenvalue weighted by atomic mass is 19.4. The van der Waals surface area contributed by atoms with Crippen LogP contribution in [-0.4, -0.2) is 33.9 Å². The summed E-state index contributed by atoms with van der Waals surface area (Å²) < 4.78 is 63.2. The van der Waals surface area contributed by atoms with Gasteiger partial charge in [-0.1, -0.05) is 18.2 Å². The maximum atomic E-state index is 15.8. The Balaban J connectivity index is 1.51. The highest BCUT2D eigenvalue weighted by Gasteiger charge is 2.51. The van der Waals surface area contributed by atoms with E-state index in [1.54, 1.807) is 28.8 Å². The predicted octanol–water partition coefficient (Wildman–Crippen LogP) is 4.46. The summed E-state index contributed by atoms with van der Waals surface area (Å²) in [4.78, 5) is 14.3. The van der Waals surface area contributed by atoms with Crippen LogP contribution in [0.2, 0.25) is 0 Å². The summed E-state index contributed by atoms with van der Waals surface area (Å²) in [6.07, 6.45) is -4.61. The van der Waals surface area contributed by atoms with Gasteiger partial charge in [0.15, 0.2) is 12.0 Å². The van der Waals surface area contributed by atoms with Crippen LogP contribution in [0.4, 0.5) is 23.2 Å². The molecule has 0 saturated carbocycles. The van der Waals surface area contributed by atoms with Crippen LogP contribution in [-0.2, 0) is 29.4 Å². The highest BCUT2D eigenvalue weighted by Crippen LogP contribution is 2.46. The molecule has 0 radical (unpaired) electrons. The standard InChI is InChI=1S/C23H20F4N4O2/c1-2-30-13-28-29-20(30)19(24)22(11-33-12-22)14-5-3-6-15(9-14)31-10-17-16(21(31)32)7-4-8-18(17)23(25,26)27/h3-9,13,19H,2,10-12H2,1H3/t19-/m1/s1. The molecule has 1 amide bonds. The van der Waals surface area contributed by atoms with E-state index in [2.05, 4.69) is 10.2 Å². The Bertz CT molecular complexity index is 1220. The number of aryl methyl sites for hydroxylation is 1. The number of hydrogen-bond donors (Lipinski definition) is 0. The van der Waals surface area contributed by atoms with Crippen molar-refractivity contribution in [2.45, 2.75) is 37.8 Å². The molecular weight excluding hydrogens is 440 g/mol. The molecule has 1 fully saturated rings. The number of nitrogens with zero attached hydrogens (tertiary/aromatic N) is 4. The average Bonchev–Trinajstić information content (AvgIpc) is 3.37. The zero-order valence-electron chi connectivity index (χ0n) is 17.6. The molecule has 3 aromatic rings. The van der Waals surface area contributed by atoms with Crippen LogP contribution in [0.15, 0.2) is 48.8 Å². The molecule has 6 nitrogen and oxygen atoms in total. The maximum Gasteiger partial charge on any atom is 0.416 e. The first-order chi connectivity index (χ1) is 15.8. The minimum absolute atomic E-state index is 0.0244. The summed E-state index contributed by atoms with van der Waals surface area (Å²) in [6, 6.07) is 10.3. The van der Waals surface area contributed by atoms with Gasteiger partial charge in [-0.15, -0.1) is 10.2 Å². The zero-order valence-corrected chi connectivity index (χ0v) is 17.6. The van der Waals surface area contributed by atoms with Crippen LogP contribution in [0.3, 0.4) is 0 Å². The first-order valence-electron chi connectivity index (χ1n) is 10.5. The van der Waals surface area contributed by atoms with Crippen LogP contribution in [0.5, 0.6) is 0 Å². The number of aromatic nitrogens is 3. The molecular formula is C23H20F4N4O2. The molecule has 2 aliphatic rings. The summed E-state index contributed by atoms with van der Waals surface area (Å²) in [6.45, 7) is 2.37. The van der Waals surface area contributed by atoms with Gasteiger partial charge in [-0.05, 0) is 42.3 Å². The Morgan fingerprint density at radius 3 is 2.61 bits per heavy atom. The molecule has 0 bridgehead atoms. The van der Waals surface area contributed by atoms with Gasteiger partial charge >= 0.3 is 6.18 Å². The lowest BCUT2D eigenvalue weighted by molar-refractivity contribution is -0.138. The van der Waals surface area contributed by atoms with Crippen molar-refractivity contribution in [3.05, 3.63) is 76.9 Å². The normalized spacial score (nSPS) is 18.2. The van der Waals surface area contributed by atoms with Crippen molar-refractivity contribution in [3.8, 4) is 0 Å². The van der Waals surface area contributed by atoms with Crippen LogP contribution < -0.4 is 4.90 Å². The molecule has 0 N–H and O–H groups in total. The topological polar surface area (TPSA) is 60.2 Å². The minimum Gasteiger partial charge on any atom is -0.379 e. The molecule has 1 atom stereocenters. The van der Waals surface area contributed by atoms with Crippen LogP contribution in [0, 0.1) is 0 Å². The highest BCUT2D eigenvalue weighted by molar-refractivity contribution is 6.10. The van der Waals surface area contributed by atoms with E-state index in [4.69, 9.17) is 4.74 Å². The van der Waals surface area contributed by atoms with Crippen molar-refractivity contribution in [2.24, 2.45) is 0 Å². The van der Waals surface area contributed by atoms with E-state index in [9.17, 15) is 18.0 Å². The second-order valence-electron chi connectivity index (χ2n) is 8.26. The lowest BCUT2D eigenvalue weighted by Crippen LogP contribution is -2.50. The van der Waals surface area contributed by atoms with Gasteiger partial charge in [-0.2, -0.15) is 13.2 Å². The number of ether oxygens (including phenoxy) is 1. The van der Waals surface area contributed by atoms with Crippen LogP contribution in [0.1, 0.15) is 46.0 Å². The largest absolute Gasteiger partial charge is 0.416 e. The first kappa shape index (κ1) is 21.6. The Morgan fingerprint density at radius 2 is 1.94 bits per heavy atom. The van der Waals surface area contributed by atoms with Gasteiger partial charge in [0.25, 0.3) is 5.91 Å². The number of hydrogen-bond acceptors (Lipinski definition) is 4. The monoisotopic (exact) mass is 460 g/mol. The molecule has 3 heterocycles. The van der Waals surface area contributed by atoms with Gasteiger partial charge in [-0.25, -0.2) is 4.39 Å². The van der Waals surface area contributed by atoms with Crippen molar-refractivity contribution in [1.82, 2.24) is 14.8 Å². The molecule has 2 aliphatic heterocycles. The maximum absolute atomic E-state index is 15.8. The molecule has 0 spiro atoms. The zero-order chi connectivity index (χ0) is 23.4. The second-order valence-corrected chi connectivity index (χ2v) is 8.26. The molecule has 1 saturated heterocycles. The SMILES string of the molecule is CCn1cnnc1[C@@H](F)C1(c2cccc(N3Cc4c(cccc4C(F)(F)F)C3=O)c2)COC1. The van der Waals surface area contributed by atoms with Gasteiger partial charge in [0, 0.05) is 17.8 Å². The van der Waals surface area contributed by atoms with Gasteiger partial charge in [-0.3, -0.25) is 4.79 Å².